The maximum atomic E-state index is 8.52. The number of nitrogens with zero attached hydrogens (tertiary/aromatic N) is 1. The Labute approximate surface area is 164 Å². The topological polar surface area (TPSA) is 146 Å². The molecule has 1 unspecified atom stereocenters. The molecule has 0 spiro atoms. The molecule has 1 aromatic rings. The molecule has 0 saturated heterocycles. The maximum Gasteiger partial charge on any atom is 2.00 e. The van der Waals surface area contributed by atoms with Crippen molar-refractivity contribution in [2.75, 3.05) is 13.6 Å². The van der Waals surface area contributed by atoms with Gasteiger partial charge in [-0.2, -0.15) is 0 Å². The van der Waals surface area contributed by atoms with Crippen LogP contribution < -0.4 is 0 Å². The molecule has 0 fully saturated rings. The van der Waals surface area contributed by atoms with Gasteiger partial charge >= 0.3 is 37.7 Å². The van der Waals surface area contributed by atoms with E-state index in [1.165, 1.54) is 24.3 Å². The van der Waals surface area contributed by atoms with Gasteiger partial charge in [0.15, 0.2) is 0 Å². The van der Waals surface area contributed by atoms with Crippen molar-refractivity contribution in [2.45, 2.75) is 25.3 Å². The molecule has 0 saturated carbocycles. The van der Waals surface area contributed by atoms with Crippen molar-refractivity contribution in [3.8, 4) is 0 Å². The molecule has 1 atom stereocenters. The average Bonchev–Trinajstić information content (AvgIpc) is 2.60. The second-order valence-electron chi connectivity index (χ2n) is 4.81. The minimum atomic E-state index is -5.17. The molecule has 0 bridgehead atoms. The van der Waals surface area contributed by atoms with Crippen LogP contribution in [-0.2, 0) is 16.9 Å². The summed E-state index contributed by atoms with van der Waals surface area (Å²) in [6.07, 6.45) is 7.24. The molecule has 0 radical (unpaired) electrons. The van der Waals surface area contributed by atoms with Crippen LogP contribution in [-0.4, -0.2) is 84.7 Å². The van der Waals surface area contributed by atoms with E-state index in [0.717, 1.165) is 12.5 Å². The van der Waals surface area contributed by atoms with Crippen LogP contribution in [0.15, 0.2) is 11.5 Å². The van der Waals surface area contributed by atoms with E-state index in [1.54, 1.807) is 11.1 Å². The Morgan fingerprint density at radius 2 is 1.91 bits per heavy atom. The van der Waals surface area contributed by atoms with Crippen molar-refractivity contribution in [3.05, 3.63) is 27.5 Å². The summed E-state index contributed by atoms with van der Waals surface area (Å²) in [6, 6.07) is 0. The zero-order chi connectivity index (χ0) is 14.0. The summed E-state index contributed by atoms with van der Waals surface area (Å²) in [6.45, 7) is 2.40. The van der Waals surface area contributed by atoms with Crippen molar-refractivity contribution >= 4 is 65.6 Å². The molecule has 10 heteroatoms. The molecule has 2 aliphatic rings. The molecular formula is C12H19CaNO6S2. The van der Waals surface area contributed by atoms with E-state index in [9.17, 15) is 0 Å². The molecule has 1 aliphatic heterocycles. The molecule has 4 N–H and O–H groups in total. The van der Waals surface area contributed by atoms with E-state index in [1.807, 2.05) is 11.3 Å². The van der Waals surface area contributed by atoms with Crippen LogP contribution in [0.2, 0.25) is 0 Å². The first kappa shape index (κ1) is 24.7. The fourth-order valence-corrected chi connectivity index (χ4v) is 3.67. The minimum Gasteiger partial charge on any atom is -0.759 e. The Morgan fingerprint density at radius 3 is 2.50 bits per heavy atom. The van der Waals surface area contributed by atoms with Crippen LogP contribution in [0.3, 0.4) is 0 Å². The van der Waals surface area contributed by atoms with Gasteiger partial charge in [0.05, 0.1) is 0 Å². The van der Waals surface area contributed by atoms with Gasteiger partial charge in [0.1, 0.15) is 0 Å². The van der Waals surface area contributed by atoms with Gasteiger partial charge in [0, 0.05) is 21.8 Å². The number of hydrogen-bond donors (Lipinski definition) is 0. The maximum absolute atomic E-state index is 8.52. The molecule has 22 heavy (non-hydrogen) atoms. The predicted molar refractivity (Wildman–Crippen MR) is 85.1 cm³/mol. The Morgan fingerprint density at radius 1 is 1.32 bits per heavy atom. The van der Waals surface area contributed by atoms with Gasteiger partial charge in [-0.25, -0.2) is 0 Å². The van der Waals surface area contributed by atoms with Gasteiger partial charge in [0.25, 0.3) is 0 Å². The SMILES string of the molecule is CN1CCC2CC=Cc3scc(c32)C1.O.O.O=S(=O)([O-])[O-].[Ca+2]. The third-order valence-corrected chi connectivity index (χ3v) is 4.35. The summed E-state index contributed by atoms with van der Waals surface area (Å²) in [5.74, 6) is 0.807. The molecule has 0 aromatic carbocycles. The van der Waals surface area contributed by atoms with Gasteiger partial charge in [0.2, 0.25) is 0 Å². The molecule has 1 aromatic heterocycles. The third-order valence-electron chi connectivity index (χ3n) is 3.34. The van der Waals surface area contributed by atoms with Gasteiger partial charge < -0.3 is 25.0 Å². The molecule has 1 aliphatic carbocycles. The van der Waals surface area contributed by atoms with Crippen molar-refractivity contribution in [3.63, 3.8) is 0 Å². The van der Waals surface area contributed by atoms with Crippen LogP contribution in [0, 0.1) is 0 Å². The quantitative estimate of drug-likeness (QED) is 0.346. The second kappa shape index (κ2) is 10.3. The summed E-state index contributed by atoms with van der Waals surface area (Å²) in [5, 5.41) is 2.36. The monoisotopic (exact) mass is 377 g/mol. The van der Waals surface area contributed by atoms with Crippen LogP contribution in [0.5, 0.6) is 0 Å². The number of thiophene rings is 1. The van der Waals surface area contributed by atoms with Crippen LogP contribution in [0.1, 0.15) is 34.8 Å². The average molecular weight is 377 g/mol. The zero-order valence-electron chi connectivity index (χ0n) is 12.2. The van der Waals surface area contributed by atoms with Gasteiger partial charge in [-0.15, -0.1) is 11.3 Å². The second-order valence-corrected chi connectivity index (χ2v) is 6.54. The summed E-state index contributed by atoms with van der Waals surface area (Å²) < 4.78 is 34.1. The fourth-order valence-electron chi connectivity index (χ4n) is 2.60. The van der Waals surface area contributed by atoms with Crippen LogP contribution >= 0.6 is 11.3 Å². The third kappa shape index (κ3) is 7.35. The van der Waals surface area contributed by atoms with Gasteiger partial charge in [-0.1, -0.05) is 6.08 Å². The first-order valence-electron chi connectivity index (χ1n) is 5.96. The zero-order valence-corrected chi connectivity index (χ0v) is 16.1. The van der Waals surface area contributed by atoms with Gasteiger partial charge in [-0.05, 0) is 54.9 Å². The van der Waals surface area contributed by atoms with E-state index < -0.39 is 10.4 Å². The minimum absolute atomic E-state index is 0. The van der Waals surface area contributed by atoms with E-state index >= 15 is 0 Å². The van der Waals surface area contributed by atoms with Crippen molar-refractivity contribution < 1.29 is 28.5 Å². The summed E-state index contributed by atoms with van der Waals surface area (Å²) >= 11 is 1.92. The van der Waals surface area contributed by atoms with Crippen LogP contribution in [0.4, 0.5) is 0 Å². The van der Waals surface area contributed by atoms with E-state index in [0.29, 0.717) is 0 Å². The smallest absolute Gasteiger partial charge is 0.759 e. The molecule has 3 rings (SSSR count). The number of hydrogen-bond acceptors (Lipinski definition) is 6. The summed E-state index contributed by atoms with van der Waals surface area (Å²) in [7, 11) is -2.94. The molecule has 2 heterocycles. The number of allylic oxidation sites excluding steroid dienone is 1. The van der Waals surface area contributed by atoms with Crippen molar-refractivity contribution in [1.82, 2.24) is 4.90 Å². The molecular weight excluding hydrogens is 358 g/mol. The van der Waals surface area contributed by atoms with Crippen molar-refractivity contribution in [2.24, 2.45) is 0 Å². The molecule has 0 amide bonds. The first-order chi connectivity index (χ1) is 8.84. The predicted octanol–water partition coefficient (Wildman–Crippen LogP) is -0.284. The Kier molecular flexibility index (Phi) is 11.6. The first-order valence-corrected chi connectivity index (χ1v) is 8.18. The normalized spacial score (nSPS) is 19.1. The van der Waals surface area contributed by atoms with Crippen molar-refractivity contribution in [1.29, 1.82) is 0 Å². The van der Waals surface area contributed by atoms with E-state index in [-0.39, 0.29) is 48.7 Å². The fraction of sp³-hybridized carbons (Fsp3) is 0.500. The Hall–Kier alpha value is 0.450. The Bertz CT molecular complexity index is 578. The largest absolute Gasteiger partial charge is 2.00 e. The van der Waals surface area contributed by atoms with E-state index in [4.69, 9.17) is 17.5 Å². The molecule has 7 nitrogen and oxygen atoms in total. The van der Waals surface area contributed by atoms with Gasteiger partial charge in [-0.3, -0.25) is 8.42 Å². The molecule has 122 valence electrons. The van der Waals surface area contributed by atoms with Crippen LogP contribution in [0.25, 0.3) is 6.08 Å². The van der Waals surface area contributed by atoms with E-state index in [2.05, 4.69) is 29.5 Å². The summed E-state index contributed by atoms with van der Waals surface area (Å²) in [4.78, 5) is 3.97. The number of rotatable bonds is 0. The Balaban J connectivity index is 0. The standard InChI is InChI=1S/C12H15NS.Ca.H2O4S.2H2O/c1-13-6-5-9-3-2-4-11-12(9)10(7-13)8-14-11;;1-5(2,3)4;;/h2,4,8-9H,3,5-7H2,1H3;;(H2,1,2,3,4);2*1H2/q;+2;;;/p-2. The summed E-state index contributed by atoms with van der Waals surface area (Å²) in [5.41, 5.74) is 3.25.